The fraction of sp³-hybridized carbons (Fsp3) is 0.429. The zero-order valence-electron chi connectivity index (χ0n) is 12.5. The highest BCUT2D eigenvalue weighted by Crippen LogP contribution is 2.30. The molecule has 2 heterocycles. The van der Waals surface area contributed by atoms with Gasteiger partial charge in [0.05, 0.1) is 11.5 Å². The van der Waals surface area contributed by atoms with Crippen molar-refractivity contribution in [3.05, 3.63) is 36.2 Å². The zero-order chi connectivity index (χ0) is 16.4. The largest absolute Gasteiger partial charge is 0.491 e. The Bertz CT molecular complexity index is 779. The number of benzene rings is 1. The molecule has 3 rings (SSSR count). The third-order valence-electron chi connectivity index (χ3n) is 3.74. The summed E-state index contributed by atoms with van der Waals surface area (Å²) in [5.41, 5.74) is 0. The molecule has 1 aromatic carbocycles. The summed E-state index contributed by atoms with van der Waals surface area (Å²) < 4.78 is 50.3. The quantitative estimate of drug-likeness (QED) is 0.824. The van der Waals surface area contributed by atoms with E-state index in [-0.39, 0.29) is 23.1 Å². The Morgan fingerprint density at radius 1 is 1.48 bits per heavy atom. The Morgan fingerprint density at radius 3 is 2.96 bits per heavy atom. The molecule has 0 radical (unpaired) electrons. The van der Waals surface area contributed by atoms with Crippen molar-refractivity contribution in [3.63, 3.8) is 0 Å². The summed E-state index contributed by atoms with van der Waals surface area (Å²) in [5.74, 6) is -0.281. The number of halogens is 1. The Morgan fingerprint density at radius 2 is 2.30 bits per heavy atom. The number of sulfonamides is 1. The van der Waals surface area contributed by atoms with E-state index in [2.05, 4.69) is 10.1 Å². The van der Waals surface area contributed by atoms with Crippen molar-refractivity contribution < 1.29 is 22.1 Å². The summed E-state index contributed by atoms with van der Waals surface area (Å²) in [4.78, 5) is 3.87. The van der Waals surface area contributed by atoms with Crippen molar-refractivity contribution in [2.24, 2.45) is 0 Å². The lowest BCUT2D eigenvalue weighted by Crippen LogP contribution is -2.28. The molecule has 9 heteroatoms. The van der Waals surface area contributed by atoms with Crippen LogP contribution in [0, 0.1) is 5.82 Å². The van der Waals surface area contributed by atoms with E-state index < -0.39 is 15.8 Å². The molecule has 0 saturated carbocycles. The molecule has 2 aromatic rings. The van der Waals surface area contributed by atoms with Crippen molar-refractivity contribution >= 4 is 10.0 Å². The van der Waals surface area contributed by atoms with Crippen LogP contribution in [0.15, 0.2) is 34.0 Å². The van der Waals surface area contributed by atoms with Crippen LogP contribution in [-0.4, -0.2) is 42.6 Å². The molecular formula is C14H16FN3O4S. The van der Waals surface area contributed by atoms with E-state index in [0.29, 0.717) is 25.4 Å². The fourth-order valence-electron chi connectivity index (χ4n) is 2.58. The van der Waals surface area contributed by atoms with Crippen LogP contribution < -0.4 is 4.74 Å². The molecule has 1 unspecified atom stereocenters. The molecule has 1 fully saturated rings. The number of hydrogen-bond donors (Lipinski definition) is 0. The first-order valence-corrected chi connectivity index (χ1v) is 8.65. The van der Waals surface area contributed by atoms with Crippen LogP contribution in [0.2, 0.25) is 0 Å². The summed E-state index contributed by atoms with van der Waals surface area (Å²) in [7, 11) is -3.77. The lowest BCUT2D eigenvalue weighted by molar-refractivity contribution is 0.321. The molecule has 23 heavy (non-hydrogen) atoms. The van der Waals surface area contributed by atoms with E-state index >= 15 is 0 Å². The van der Waals surface area contributed by atoms with Crippen LogP contribution in [-0.2, 0) is 10.0 Å². The van der Waals surface area contributed by atoms with Crippen LogP contribution in [0.4, 0.5) is 4.39 Å². The molecular weight excluding hydrogens is 325 g/mol. The average molecular weight is 341 g/mol. The van der Waals surface area contributed by atoms with Gasteiger partial charge >= 0.3 is 0 Å². The van der Waals surface area contributed by atoms with Gasteiger partial charge in [0.2, 0.25) is 16.4 Å². The van der Waals surface area contributed by atoms with E-state index in [1.54, 1.807) is 6.92 Å². The van der Waals surface area contributed by atoms with Gasteiger partial charge in [-0.1, -0.05) is 5.16 Å². The van der Waals surface area contributed by atoms with Gasteiger partial charge in [-0.15, -0.1) is 0 Å². The van der Waals surface area contributed by atoms with E-state index in [4.69, 9.17) is 9.26 Å². The van der Waals surface area contributed by atoms with E-state index in [1.807, 2.05) is 0 Å². The van der Waals surface area contributed by atoms with E-state index in [0.717, 1.165) is 6.07 Å². The van der Waals surface area contributed by atoms with Gasteiger partial charge in [-0.2, -0.15) is 9.29 Å². The normalized spacial score (nSPS) is 19.1. The van der Waals surface area contributed by atoms with Gasteiger partial charge in [0.15, 0.2) is 17.4 Å². The van der Waals surface area contributed by atoms with Crippen LogP contribution >= 0.6 is 0 Å². The van der Waals surface area contributed by atoms with Crippen LogP contribution in [0.3, 0.4) is 0 Å². The Labute approximate surface area is 133 Å². The summed E-state index contributed by atoms with van der Waals surface area (Å²) in [6.45, 7) is 2.61. The lowest BCUT2D eigenvalue weighted by atomic mass is 10.1. The molecule has 0 N–H and O–H groups in total. The molecule has 1 atom stereocenters. The highest BCUT2D eigenvalue weighted by molar-refractivity contribution is 7.89. The molecule has 1 saturated heterocycles. The van der Waals surface area contributed by atoms with Gasteiger partial charge in [0, 0.05) is 19.0 Å². The molecule has 0 amide bonds. The van der Waals surface area contributed by atoms with Crippen LogP contribution in [0.25, 0.3) is 0 Å². The summed E-state index contributed by atoms with van der Waals surface area (Å²) in [5, 5.41) is 3.75. The number of aromatic nitrogens is 2. The third kappa shape index (κ3) is 3.06. The minimum atomic E-state index is -3.77. The Balaban J connectivity index is 1.81. The predicted octanol–water partition coefficient (Wildman–Crippen LogP) is 1.79. The minimum Gasteiger partial charge on any atom is -0.491 e. The summed E-state index contributed by atoms with van der Waals surface area (Å²) in [6.07, 6.45) is 1.81. The number of ether oxygens (including phenoxy) is 1. The number of hydrogen-bond acceptors (Lipinski definition) is 6. The second-order valence-corrected chi connectivity index (χ2v) is 7.10. The maximum absolute atomic E-state index is 13.9. The van der Waals surface area contributed by atoms with Gasteiger partial charge < -0.3 is 9.26 Å². The maximum atomic E-state index is 13.9. The first-order chi connectivity index (χ1) is 11.0. The third-order valence-corrected chi connectivity index (χ3v) is 5.60. The van der Waals surface area contributed by atoms with Crippen molar-refractivity contribution in [3.8, 4) is 5.75 Å². The molecule has 124 valence electrons. The SMILES string of the molecule is CCOc1ccc(S(=O)(=O)N2CCC(c3ncon3)C2)cc1F. The average Bonchev–Trinajstić information content (AvgIpc) is 3.20. The molecule has 1 aromatic heterocycles. The van der Waals surface area contributed by atoms with Gasteiger partial charge in [-0.3, -0.25) is 0 Å². The monoisotopic (exact) mass is 341 g/mol. The van der Waals surface area contributed by atoms with Gasteiger partial charge in [-0.25, -0.2) is 12.8 Å². The van der Waals surface area contributed by atoms with E-state index in [9.17, 15) is 12.8 Å². The standard InChI is InChI=1S/C14H16FN3O4S/c1-2-21-13-4-3-11(7-12(13)15)23(19,20)18-6-5-10(8-18)14-16-9-22-17-14/h3-4,7,9-10H,2,5-6,8H2,1H3. The van der Waals surface area contributed by atoms with Gasteiger partial charge in [0.25, 0.3) is 0 Å². The summed E-state index contributed by atoms with van der Waals surface area (Å²) >= 11 is 0. The second-order valence-electron chi connectivity index (χ2n) is 5.16. The van der Waals surface area contributed by atoms with E-state index in [1.165, 1.54) is 22.8 Å². The molecule has 1 aliphatic rings. The topological polar surface area (TPSA) is 85.5 Å². The maximum Gasteiger partial charge on any atom is 0.243 e. The van der Waals surface area contributed by atoms with Crippen molar-refractivity contribution in [1.82, 2.24) is 14.4 Å². The fourth-order valence-corrected chi connectivity index (χ4v) is 4.09. The predicted molar refractivity (Wildman–Crippen MR) is 78.0 cm³/mol. The highest BCUT2D eigenvalue weighted by Gasteiger charge is 2.35. The number of rotatable bonds is 5. The van der Waals surface area contributed by atoms with Crippen molar-refractivity contribution in [2.45, 2.75) is 24.2 Å². The molecule has 7 nitrogen and oxygen atoms in total. The lowest BCUT2D eigenvalue weighted by Gasteiger charge is -2.16. The van der Waals surface area contributed by atoms with Crippen molar-refractivity contribution in [2.75, 3.05) is 19.7 Å². The van der Waals surface area contributed by atoms with Crippen LogP contribution in [0.5, 0.6) is 5.75 Å². The molecule has 0 bridgehead atoms. The second kappa shape index (κ2) is 6.25. The van der Waals surface area contributed by atoms with Crippen molar-refractivity contribution in [1.29, 1.82) is 0 Å². The van der Waals surface area contributed by atoms with Gasteiger partial charge in [0.1, 0.15) is 0 Å². The number of nitrogens with zero attached hydrogens (tertiary/aromatic N) is 3. The molecule has 1 aliphatic heterocycles. The van der Waals surface area contributed by atoms with Crippen LogP contribution in [0.1, 0.15) is 25.1 Å². The Hall–Kier alpha value is -2.00. The highest BCUT2D eigenvalue weighted by atomic mass is 32.2. The first-order valence-electron chi connectivity index (χ1n) is 7.21. The molecule has 0 spiro atoms. The summed E-state index contributed by atoms with van der Waals surface area (Å²) in [6, 6.07) is 3.67. The zero-order valence-corrected chi connectivity index (χ0v) is 13.3. The smallest absolute Gasteiger partial charge is 0.243 e. The Kier molecular flexibility index (Phi) is 4.31. The minimum absolute atomic E-state index is 0.0394. The van der Waals surface area contributed by atoms with Gasteiger partial charge in [-0.05, 0) is 31.5 Å². The first kappa shape index (κ1) is 15.9. The molecule has 0 aliphatic carbocycles.